The predicted octanol–water partition coefficient (Wildman–Crippen LogP) is 11.3. The molecule has 1 saturated carbocycles. The Kier molecular flexibility index (Phi) is 6.78. The number of para-hydroxylation sites is 4. The van der Waals surface area contributed by atoms with Gasteiger partial charge < -0.3 is 9.64 Å². The molecule has 3 heteroatoms. The van der Waals surface area contributed by atoms with Gasteiger partial charge in [-0.1, -0.05) is 165 Å². The molecule has 0 saturated heterocycles. The summed E-state index contributed by atoms with van der Waals surface area (Å²) in [4.78, 5) is 2.56. The van der Waals surface area contributed by atoms with Crippen molar-refractivity contribution < 1.29 is 4.74 Å². The quantitative estimate of drug-likeness (QED) is 0.163. The number of ether oxygens (including phenoxy) is 1. The van der Waals surface area contributed by atoms with Gasteiger partial charge in [-0.05, 0) is 115 Å². The van der Waals surface area contributed by atoms with Crippen molar-refractivity contribution in [3.63, 3.8) is 0 Å². The molecule has 8 aromatic carbocycles. The molecule has 0 amide bonds. The van der Waals surface area contributed by atoms with Crippen LogP contribution in [0.15, 0.2) is 182 Å². The SMILES string of the molecule is c1ccc2c(c1)Oc1ccccc1C21c2ccccc2N(c2ccc3c(c2)[Si]2(c4ccccc4-c4ccc(C5CCCCC5)cc42)c2ccccc2-3)c2ccccc21. The molecule has 2 spiro atoms. The molecule has 1 aliphatic carbocycles. The number of benzene rings is 8. The third-order valence-electron chi connectivity index (χ3n) is 14.3. The summed E-state index contributed by atoms with van der Waals surface area (Å²) in [6, 6.07) is 69.4. The molecule has 4 heterocycles. The lowest BCUT2D eigenvalue weighted by Gasteiger charge is -2.48. The summed E-state index contributed by atoms with van der Waals surface area (Å²) in [5.74, 6) is 2.47. The van der Waals surface area contributed by atoms with E-state index in [1.165, 1.54) is 109 Å². The Morgan fingerprint density at radius 3 is 1.53 bits per heavy atom. The van der Waals surface area contributed by atoms with E-state index in [1.54, 1.807) is 10.8 Å². The van der Waals surface area contributed by atoms with Crippen LogP contribution in [0.4, 0.5) is 17.1 Å². The number of hydrogen-bond donors (Lipinski definition) is 0. The van der Waals surface area contributed by atoms with Crippen molar-refractivity contribution in [1.82, 2.24) is 0 Å². The van der Waals surface area contributed by atoms with E-state index in [-0.39, 0.29) is 0 Å². The van der Waals surface area contributed by atoms with E-state index in [0.29, 0.717) is 5.92 Å². The van der Waals surface area contributed by atoms with Crippen LogP contribution < -0.4 is 30.4 Å². The maximum absolute atomic E-state index is 6.68. The molecular weight excluding hydrogens is 719 g/mol. The molecule has 4 aliphatic heterocycles. The van der Waals surface area contributed by atoms with Gasteiger partial charge in [0, 0.05) is 16.8 Å². The largest absolute Gasteiger partial charge is 0.457 e. The fourth-order valence-corrected chi connectivity index (χ4v) is 17.7. The van der Waals surface area contributed by atoms with Crippen molar-refractivity contribution in [3.8, 4) is 33.8 Å². The summed E-state index contributed by atoms with van der Waals surface area (Å²) >= 11 is 0. The normalized spacial score (nSPS) is 18.6. The highest BCUT2D eigenvalue weighted by Gasteiger charge is 2.55. The smallest absolute Gasteiger partial charge is 0.182 e. The van der Waals surface area contributed by atoms with E-state index in [2.05, 4.69) is 187 Å². The van der Waals surface area contributed by atoms with Gasteiger partial charge in [0.2, 0.25) is 0 Å². The minimum Gasteiger partial charge on any atom is -0.457 e. The molecule has 1 atom stereocenters. The first kappa shape index (κ1) is 32.6. The van der Waals surface area contributed by atoms with E-state index in [9.17, 15) is 0 Å². The Labute approximate surface area is 341 Å². The lowest BCUT2D eigenvalue weighted by Crippen LogP contribution is -2.70. The third kappa shape index (κ3) is 4.07. The summed E-state index contributed by atoms with van der Waals surface area (Å²) in [6.07, 6.45) is 6.64. The van der Waals surface area contributed by atoms with Gasteiger partial charge in [-0.3, -0.25) is 0 Å². The summed E-state index contributed by atoms with van der Waals surface area (Å²) in [5.41, 5.74) is 15.1. The first-order chi connectivity index (χ1) is 28.8. The average Bonchev–Trinajstić information content (AvgIpc) is 3.76. The molecule has 5 aliphatic rings. The highest BCUT2D eigenvalue weighted by atomic mass is 28.3. The predicted molar refractivity (Wildman–Crippen MR) is 240 cm³/mol. The molecule has 2 nitrogen and oxygen atoms in total. The molecular formula is C55H41NOSi. The van der Waals surface area contributed by atoms with Gasteiger partial charge in [-0.2, -0.15) is 0 Å². The lowest BCUT2D eigenvalue weighted by atomic mass is 9.61. The second-order valence-electron chi connectivity index (χ2n) is 16.9. The Morgan fingerprint density at radius 2 is 0.914 bits per heavy atom. The minimum atomic E-state index is -2.70. The Bertz CT molecular complexity index is 2900. The standard InChI is InChI=1S/C55H41NOSi/c1-2-16-36(17-3-1)37-30-32-41-39-18-4-14-28-51(39)58(53(41)34-37)52-29-15-5-19-40(52)42-33-31-38(35-54(42)58)56-47-24-10-6-20-43(47)55(44-21-7-11-25-48(44)56)45-22-8-12-26-49(45)57-50-27-13-9-23-46(50)55/h4-15,18-36H,1-3,16-17H2. The van der Waals surface area contributed by atoms with E-state index < -0.39 is 13.5 Å². The molecule has 0 radical (unpaired) electrons. The summed E-state index contributed by atoms with van der Waals surface area (Å²) in [7, 11) is -2.70. The van der Waals surface area contributed by atoms with Crippen molar-refractivity contribution in [2.24, 2.45) is 0 Å². The summed E-state index contributed by atoms with van der Waals surface area (Å²) in [6.45, 7) is 0. The van der Waals surface area contributed by atoms with E-state index in [1.807, 2.05) is 0 Å². The first-order valence-electron chi connectivity index (χ1n) is 21.1. The Balaban J connectivity index is 1.08. The fraction of sp³-hybridized carbons (Fsp3) is 0.127. The van der Waals surface area contributed by atoms with E-state index in [0.717, 1.165) is 11.5 Å². The zero-order chi connectivity index (χ0) is 38.0. The number of anilines is 3. The summed E-state index contributed by atoms with van der Waals surface area (Å²) in [5, 5.41) is 6.15. The van der Waals surface area contributed by atoms with E-state index in [4.69, 9.17) is 4.74 Å². The van der Waals surface area contributed by atoms with Crippen LogP contribution in [-0.2, 0) is 5.41 Å². The highest BCUT2D eigenvalue weighted by Crippen LogP contribution is 2.62. The van der Waals surface area contributed by atoms with Gasteiger partial charge in [0.1, 0.15) is 11.5 Å². The molecule has 58 heavy (non-hydrogen) atoms. The van der Waals surface area contributed by atoms with Crippen LogP contribution in [0.2, 0.25) is 0 Å². The van der Waals surface area contributed by atoms with Crippen LogP contribution in [-0.4, -0.2) is 8.07 Å². The number of fused-ring (bicyclic) bond motifs is 18. The molecule has 276 valence electrons. The van der Waals surface area contributed by atoms with Gasteiger partial charge in [0.15, 0.2) is 8.07 Å². The second-order valence-corrected chi connectivity index (χ2v) is 20.6. The van der Waals surface area contributed by atoms with Crippen molar-refractivity contribution in [1.29, 1.82) is 0 Å². The van der Waals surface area contributed by atoms with Gasteiger partial charge in [-0.15, -0.1) is 0 Å². The van der Waals surface area contributed by atoms with Crippen molar-refractivity contribution >= 4 is 45.9 Å². The monoisotopic (exact) mass is 759 g/mol. The van der Waals surface area contributed by atoms with Crippen LogP contribution in [0, 0.1) is 0 Å². The van der Waals surface area contributed by atoms with Gasteiger partial charge in [0.05, 0.1) is 16.8 Å². The second kappa shape index (κ2) is 12.0. The fourth-order valence-electron chi connectivity index (χ4n) is 12.1. The Morgan fingerprint density at radius 1 is 0.431 bits per heavy atom. The minimum absolute atomic E-state index is 0.559. The van der Waals surface area contributed by atoms with Gasteiger partial charge in [0.25, 0.3) is 0 Å². The zero-order valence-corrected chi connectivity index (χ0v) is 33.3. The third-order valence-corrected chi connectivity index (χ3v) is 19.3. The molecule has 0 bridgehead atoms. The Hall–Kier alpha value is -6.42. The maximum atomic E-state index is 6.68. The average molecular weight is 760 g/mol. The zero-order valence-electron chi connectivity index (χ0n) is 32.3. The molecule has 13 rings (SSSR count). The van der Waals surface area contributed by atoms with Crippen molar-refractivity contribution in [2.75, 3.05) is 4.90 Å². The van der Waals surface area contributed by atoms with Crippen LogP contribution in [0.25, 0.3) is 22.3 Å². The van der Waals surface area contributed by atoms with Crippen molar-refractivity contribution in [3.05, 3.63) is 210 Å². The van der Waals surface area contributed by atoms with Gasteiger partial charge >= 0.3 is 0 Å². The molecule has 1 fully saturated rings. The van der Waals surface area contributed by atoms with E-state index >= 15 is 0 Å². The maximum Gasteiger partial charge on any atom is 0.182 e. The van der Waals surface area contributed by atoms with Crippen LogP contribution in [0.1, 0.15) is 65.8 Å². The van der Waals surface area contributed by atoms with Crippen LogP contribution >= 0.6 is 0 Å². The summed E-state index contributed by atoms with van der Waals surface area (Å²) < 4.78 is 6.68. The highest BCUT2D eigenvalue weighted by molar-refractivity contribution is 7.24. The van der Waals surface area contributed by atoms with Gasteiger partial charge in [-0.25, -0.2) is 0 Å². The van der Waals surface area contributed by atoms with Crippen LogP contribution in [0.5, 0.6) is 11.5 Å². The number of hydrogen-bond acceptors (Lipinski definition) is 2. The topological polar surface area (TPSA) is 12.5 Å². The molecule has 1 unspecified atom stereocenters. The van der Waals surface area contributed by atoms with Crippen molar-refractivity contribution in [2.45, 2.75) is 43.4 Å². The number of nitrogens with zero attached hydrogens (tertiary/aromatic N) is 1. The van der Waals surface area contributed by atoms with Crippen LogP contribution in [0.3, 0.4) is 0 Å². The molecule has 0 N–H and O–H groups in total. The molecule has 8 aromatic rings. The first-order valence-corrected chi connectivity index (χ1v) is 23.1. The molecule has 0 aromatic heterocycles. The lowest BCUT2D eigenvalue weighted by molar-refractivity contribution is 0.434. The number of rotatable bonds is 2.